The quantitative estimate of drug-likeness (QED) is 0.635. The Morgan fingerprint density at radius 2 is 2.16 bits per heavy atom. The first-order chi connectivity index (χ1) is 9.11. The molecule has 2 rings (SSSR count). The highest BCUT2D eigenvalue weighted by Crippen LogP contribution is 2.32. The van der Waals surface area contributed by atoms with E-state index in [4.69, 9.17) is 4.52 Å². The highest BCUT2D eigenvalue weighted by molar-refractivity contribution is 5.75. The van der Waals surface area contributed by atoms with Gasteiger partial charge in [0, 0.05) is 13.1 Å². The lowest BCUT2D eigenvalue weighted by Gasteiger charge is -2.08. The van der Waals surface area contributed by atoms with Crippen molar-refractivity contribution < 1.29 is 9.45 Å². The third-order valence-corrected chi connectivity index (χ3v) is 2.62. The van der Waals surface area contributed by atoms with E-state index >= 15 is 0 Å². The third-order valence-electron chi connectivity index (χ3n) is 2.62. The maximum atomic E-state index is 11.1. The first kappa shape index (κ1) is 12.9. The molecule has 0 saturated heterocycles. The molecule has 0 fully saturated rings. The number of nitrogens with one attached hydrogen (secondary N) is 2. The summed E-state index contributed by atoms with van der Waals surface area (Å²) < 4.78 is 5.04. The summed E-state index contributed by atoms with van der Waals surface area (Å²) in [6.45, 7) is 2.16. The highest BCUT2D eigenvalue weighted by Gasteiger charge is 2.18. The summed E-state index contributed by atoms with van der Waals surface area (Å²) in [4.78, 5) is 10.7. The molecular formula is C12H14N4O3. The summed E-state index contributed by atoms with van der Waals surface area (Å²) in [7, 11) is 1.64. The van der Waals surface area contributed by atoms with Crippen LogP contribution in [0.1, 0.15) is 11.5 Å². The Kier molecular flexibility index (Phi) is 3.65. The Hall–Kier alpha value is -2.57. The molecule has 1 aromatic carbocycles. The molecule has 0 aliphatic heterocycles. The van der Waals surface area contributed by atoms with Crippen LogP contribution < -0.4 is 10.6 Å². The maximum Gasteiger partial charge on any atom is 0.315 e. The van der Waals surface area contributed by atoms with Gasteiger partial charge in [-0.1, -0.05) is 11.2 Å². The van der Waals surface area contributed by atoms with Crippen LogP contribution in [0.3, 0.4) is 0 Å². The van der Waals surface area contributed by atoms with Crippen LogP contribution in [-0.4, -0.2) is 17.1 Å². The fourth-order valence-electron chi connectivity index (χ4n) is 1.77. The smallest absolute Gasteiger partial charge is 0.315 e. The Balaban J connectivity index is 2.22. The number of hydrogen-bond donors (Lipinski definition) is 2. The Labute approximate surface area is 109 Å². The van der Waals surface area contributed by atoms with Crippen molar-refractivity contribution in [3.63, 3.8) is 0 Å². The molecule has 7 heteroatoms. The summed E-state index contributed by atoms with van der Waals surface area (Å²) in [5.74, 6) is 0.627. The summed E-state index contributed by atoms with van der Waals surface area (Å²) in [5, 5.41) is 20.7. The van der Waals surface area contributed by atoms with E-state index in [2.05, 4.69) is 15.8 Å². The van der Waals surface area contributed by atoms with Crippen LogP contribution in [0, 0.1) is 17.0 Å². The van der Waals surface area contributed by atoms with Crippen molar-refractivity contribution in [2.45, 2.75) is 13.5 Å². The van der Waals surface area contributed by atoms with Gasteiger partial charge in [-0.25, -0.2) is 0 Å². The molecule has 0 radical (unpaired) electrons. The van der Waals surface area contributed by atoms with Crippen LogP contribution in [0.15, 0.2) is 28.8 Å². The summed E-state index contributed by atoms with van der Waals surface area (Å²) in [5.41, 5.74) is 1.69. The summed E-state index contributed by atoms with van der Waals surface area (Å²) >= 11 is 0. The second-order valence-electron chi connectivity index (χ2n) is 4.00. The van der Waals surface area contributed by atoms with Gasteiger partial charge >= 0.3 is 5.69 Å². The SMILES string of the molecule is CNc1cccc(NCc2cc(C)no2)c1[N+](=O)[O-]. The second-order valence-corrected chi connectivity index (χ2v) is 4.00. The number of nitro benzene ring substituents is 1. The fraction of sp³-hybridized carbons (Fsp3) is 0.250. The number of aromatic nitrogens is 1. The van der Waals surface area contributed by atoms with Gasteiger partial charge in [-0.05, 0) is 19.1 Å². The minimum Gasteiger partial charge on any atom is -0.382 e. The highest BCUT2D eigenvalue weighted by atomic mass is 16.6. The lowest BCUT2D eigenvalue weighted by molar-refractivity contribution is -0.383. The van der Waals surface area contributed by atoms with Crippen LogP contribution in [0.5, 0.6) is 0 Å². The van der Waals surface area contributed by atoms with Gasteiger partial charge in [0.05, 0.1) is 17.2 Å². The molecule has 0 aliphatic rings. The van der Waals surface area contributed by atoms with E-state index in [1.54, 1.807) is 31.3 Å². The average Bonchev–Trinajstić information content (AvgIpc) is 2.81. The van der Waals surface area contributed by atoms with Crippen molar-refractivity contribution in [3.8, 4) is 0 Å². The lowest BCUT2D eigenvalue weighted by Crippen LogP contribution is -2.04. The van der Waals surface area contributed by atoms with Crippen LogP contribution in [-0.2, 0) is 6.54 Å². The van der Waals surface area contributed by atoms with Gasteiger partial charge in [0.1, 0.15) is 11.4 Å². The molecule has 100 valence electrons. The minimum absolute atomic E-state index is 0.0150. The summed E-state index contributed by atoms with van der Waals surface area (Å²) in [6.07, 6.45) is 0. The Morgan fingerprint density at radius 3 is 2.74 bits per heavy atom. The first-order valence-corrected chi connectivity index (χ1v) is 5.73. The number of rotatable bonds is 5. The van der Waals surface area contributed by atoms with Crippen molar-refractivity contribution in [1.29, 1.82) is 0 Å². The van der Waals surface area contributed by atoms with E-state index in [9.17, 15) is 10.1 Å². The second kappa shape index (κ2) is 5.38. The summed E-state index contributed by atoms with van der Waals surface area (Å²) in [6, 6.07) is 6.83. The molecule has 0 amide bonds. The molecule has 0 unspecified atom stereocenters. The first-order valence-electron chi connectivity index (χ1n) is 5.73. The van der Waals surface area contributed by atoms with E-state index in [1.165, 1.54) is 0 Å². The van der Waals surface area contributed by atoms with Crippen LogP contribution in [0.4, 0.5) is 17.1 Å². The molecule has 0 atom stereocenters. The number of nitro groups is 1. The largest absolute Gasteiger partial charge is 0.382 e. The van der Waals surface area contributed by atoms with Gasteiger partial charge in [0.15, 0.2) is 5.76 Å². The van der Waals surface area contributed by atoms with Gasteiger partial charge in [-0.2, -0.15) is 0 Å². The van der Waals surface area contributed by atoms with Crippen molar-refractivity contribution in [3.05, 3.63) is 45.8 Å². The van der Waals surface area contributed by atoms with Crippen molar-refractivity contribution in [2.24, 2.45) is 0 Å². The molecule has 19 heavy (non-hydrogen) atoms. The Morgan fingerprint density at radius 1 is 1.42 bits per heavy atom. The van der Waals surface area contributed by atoms with E-state index in [-0.39, 0.29) is 5.69 Å². The van der Waals surface area contributed by atoms with Gasteiger partial charge in [-0.15, -0.1) is 0 Å². The number of para-hydroxylation sites is 1. The molecule has 7 nitrogen and oxygen atoms in total. The number of aryl methyl sites for hydroxylation is 1. The molecule has 1 heterocycles. The van der Waals surface area contributed by atoms with Crippen molar-refractivity contribution in [2.75, 3.05) is 17.7 Å². The monoisotopic (exact) mass is 262 g/mol. The molecular weight excluding hydrogens is 248 g/mol. The lowest BCUT2D eigenvalue weighted by atomic mass is 10.2. The van der Waals surface area contributed by atoms with E-state index in [1.807, 2.05) is 6.92 Å². The van der Waals surface area contributed by atoms with E-state index in [0.717, 1.165) is 5.69 Å². The molecule has 2 N–H and O–H groups in total. The maximum absolute atomic E-state index is 11.1. The molecule has 1 aromatic heterocycles. The van der Waals surface area contributed by atoms with Crippen LogP contribution in [0.25, 0.3) is 0 Å². The standard InChI is InChI=1S/C12H14N4O3/c1-8-6-9(19-15-8)7-14-11-5-3-4-10(13-2)12(11)16(17)18/h3-6,13-14H,7H2,1-2H3. The van der Waals surface area contributed by atoms with E-state index < -0.39 is 4.92 Å². The number of benzene rings is 1. The third kappa shape index (κ3) is 2.82. The molecule has 0 saturated carbocycles. The van der Waals surface area contributed by atoms with Gasteiger partial charge in [0.2, 0.25) is 0 Å². The average molecular weight is 262 g/mol. The molecule has 2 aromatic rings. The topological polar surface area (TPSA) is 93.2 Å². The van der Waals surface area contributed by atoms with Gasteiger partial charge in [0.25, 0.3) is 0 Å². The number of nitrogens with zero attached hydrogens (tertiary/aromatic N) is 2. The minimum atomic E-state index is -0.417. The van der Waals surface area contributed by atoms with Gasteiger partial charge in [-0.3, -0.25) is 10.1 Å². The van der Waals surface area contributed by atoms with Crippen LogP contribution in [0.2, 0.25) is 0 Å². The predicted octanol–water partition coefficient (Wildman–Crippen LogP) is 2.55. The van der Waals surface area contributed by atoms with E-state index in [0.29, 0.717) is 23.7 Å². The number of hydrogen-bond acceptors (Lipinski definition) is 6. The zero-order chi connectivity index (χ0) is 13.8. The predicted molar refractivity (Wildman–Crippen MR) is 71.2 cm³/mol. The Bertz CT molecular complexity index is 594. The van der Waals surface area contributed by atoms with Crippen LogP contribution >= 0.6 is 0 Å². The molecule has 0 bridgehead atoms. The van der Waals surface area contributed by atoms with Crippen molar-refractivity contribution >= 4 is 17.1 Å². The van der Waals surface area contributed by atoms with Gasteiger partial charge < -0.3 is 15.2 Å². The van der Waals surface area contributed by atoms with Crippen molar-refractivity contribution in [1.82, 2.24) is 5.16 Å². The normalized spacial score (nSPS) is 10.2. The molecule has 0 spiro atoms. The zero-order valence-electron chi connectivity index (χ0n) is 10.6. The fourth-order valence-corrected chi connectivity index (χ4v) is 1.77. The molecule has 0 aliphatic carbocycles. The zero-order valence-corrected chi connectivity index (χ0v) is 10.6. The number of anilines is 2.